The van der Waals surface area contributed by atoms with Gasteiger partial charge in [-0.3, -0.25) is 0 Å². The Morgan fingerprint density at radius 1 is 0.913 bits per heavy atom. The first-order chi connectivity index (χ1) is 11.3. The van der Waals surface area contributed by atoms with Crippen LogP contribution in [0.2, 0.25) is 0 Å². The van der Waals surface area contributed by atoms with Crippen LogP contribution in [0.25, 0.3) is 10.9 Å². The molecule has 0 bridgehead atoms. The molecule has 1 aromatic heterocycles. The fourth-order valence-electron chi connectivity index (χ4n) is 3.22. The van der Waals surface area contributed by atoms with Gasteiger partial charge in [0.05, 0.1) is 11.6 Å². The van der Waals surface area contributed by atoms with Gasteiger partial charge in [-0.25, -0.2) is 4.98 Å². The van der Waals surface area contributed by atoms with E-state index in [1.165, 1.54) is 10.9 Å². The van der Waals surface area contributed by atoms with E-state index >= 15 is 0 Å². The number of pyridine rings is 1. The number of nitrogens with zero attached hydrogens (tertiary/aromatic N) is 2. The summed E-state index contributed by atoms with van der Waals surface area (Å²) in [5, 5.41) is 1.18. The van der Waals surface area contributed by atoms with Crippen molar-refractivity contribution in [2.45, 2.75) is 19.1 Å². The minimum atomic E-state index is 0.0909. The standard InChI is InChI=1S/C20H20N2O/c1-15-13-22(14-19(23-15)17-8-3-2-4-9-17)20-12-11-16-7-5-6-10-18(16)21-20/h2-12,15,19H,13-14H2,1H3. The van der Waals surface area contributed by atoms with Gasteiger partial charge in [-0.2, -0.15) is 0 Å². The van der Waals surface area contributed by atoms with E-state index in [0.717, 1.165) is 24.4 Å². The van der Waals surface area contributed by atoms with E-state index in [1.807, 2.05) is 18.2 Å². The topological polar surface area (TPSA) is 25.4 Å². The van der Waals surface area contributed by atoms with Crippen molar-refractivity contribution in [3.05, 3.63) is 72.3 Å². The Labute approximate surface area is 136 Å². The zero-order valence-electron chi connectivity index (χ0n) is 13.2. The van der Waals surface area contributed by atoms with Gasteiger partial charge in [0, 0.05) is 18.5 Å². The van der Waals surface area contributed by atoms with Crippen molar-refractivity contribution in [2.24, 2.45) is 0 Å². The van der Waals surface area contributed by atoms with Gasteiger partial charge in [-0.15, -0.1) is 0 Å². The first-order valence-electron chi connectivity index (χ1n) is 8.11. The first-order valence-corrected chi connectivity index (χ1v) is 8.11. The lowest BCUT2D eigenvalue weighted by Gasteiger charge is -2.37. The fourth-order valence-corrected chi connectivity index (χ4v) is 3.22. The summed E-state index contributed by atoms with van der Waals surface area (Å²) in [5.41, 5.74) is 2.27. The maximum atomic E-state index is 6.14. The summed E-state index contributed by atoms with van der Waals surface area (Å²) >= 11 is 0. The Balaban J connectivity index is 1.64. The van der Waals surface area contributed by atoms with E-state index in [9.17, 15) is 0 Å². The van der Waals surface area contributed by atoms with Crippen molar-refractivity contribution in [3.63, 3.8) is 0 Å². The van der Waals surface area contributed by atoms with Crippen molar-refractivity contribution >= 4 is 16.7 Å². The third-order valence-corrected chi connectivity index (χ3v) is 4.34. The summed E-state index contributed by atoms with van der Waals surface area (Å²) in [5.74, 6) is 1.03. The van der Waals surface area contributed by atoms with Crippen LogP contribution in [0.1, 0.15) is 18.6 Å². The normalized spacial score (nSPS) is 21.5. The third-order valence-electron chi connectivity index (χ3n) is 4.34. The largest absolute Gasteiger partial charge is 0.367 e. The molecule has 2 aromatic carbocycles. The Morgan fingerprint density at radius 2 is 1.70 bits per heavy atom. The van der Waals surface area contributed by atoms with Gasteiger partial charge >= 0.3 is 0 Å². The maximum absolute atomic E-state index is 6.14. The van der Waals surface area contributed by atoms with E-state index in [4.69, 9.17) is 9.72 Å². The monoisotopic (exact) mass is 304 g/mol. The number of para-hydroxylation sites is 1. The average Bonchev–Trinajstić information content (AvgIpc) is 2.61. The van der Waals surface area contributed by atoms with Crippen molar-refractivity contribution in [3.8, 4) is 0 Å². The second-order valence-corrected chi connectivity index (χ2v) is 6.11. The molecule has 3 aromatic rings. The molecule has 116 valence electrons. The lowest BCUT2D eigenvalue weighted by atomic mass is 10.1. The van der Waals surface area contributed by atoms with Crippen LogP contribution in [-0.4, -0.2) is 24.2 Å². The van der Waals surface area contributed by atoms with E-state index in [1.54, 1.807) is 0 Å². The molecule has 1 saturated heterocycles. The highest BCUT2D eigenvalue weighted by molar-refractivity contribution is 5.80. The average molecular weight is 304 g/mol. The van der Waals surface area contributed by atoms with Crippen molar-refractivity contribution in [1.82, 2.24) is 4.98 Å². The predicted molar refractivity (Wildman–Crippen MR) is 93.7 cm³/mol. The van der Waals surface area contributed by atoms with E-state index in [0.29, 0.717) is 0 Å². The molecule has 0 amide bonds. The van der Waals surface area contributed by atoms with Crippen LogP contribution < -0.4 is 4.90 Å². The number of hydrogen-bond donors (Lipinski definition) is 0. The number of morpholine rings is 1. The zero-order chi connectivity index (χ0) is 15.6. The highest BCUT2D eigenvalue weighted by Gasteiger charge is 2.27. The lowest BCUT2D eigenvalue weighted by molar-refractivity contribution is -0.0175. The second-order valence-electron chi connectivity index (χ2n) is 6.11. The minimum Gasteiger partial charge on any atom is -0.367 e. The Kier molecular flexibility index (Phi) is 3.72. The molecule has 1 aliphatic heterocycles. The molecule has 0 spiro atoms. The Hall–Kier alpha value is -2.39. The van der Waals surface area contributed by atoms with Crippen LogP contribution in [0, 0.1) is 0 Å². The molecule has 0 radical (unpaired) electrons. The third kappa shape index (κ3) is 2.92. The summed E-state index contributed by atoms with van der Waals surface area (Å²) in [6.45, 7) is 3.83. The van der Waals surface area contributed by atoms with Crippen LogP contribution in [0.4, 0.5) is 5.82 Å². The van der Waals surface area contributed by atoms with E-state index in [-0.39, 0.29) is 12.2 Å². The zero-order valence-corrected chi connectivity index (χ0v) is 13.2. The summed E-state index contributed by atoms with van der Waals surface area (Å²) in [7, 11) is 0. The predicted octanol–water partition coefficient (Wildman–Crippen LogP) is 4.20. The van der Waals surface area contributed by atoms with Gasteiger partial charge < -0.3 is 9.64 Å². The molecule has 2 heterocycles. The molecule has 2 unspecified atom stereocenters. The summed E-state index contributed by atoms with van der Waals surface area (Å²) < 4.78 is 6.14. The lowest BCUT2D eigenvalue weighted by Crippen LogP contribution is -2.43. The van der Waals surface area contributed by atoms with Crippen LogP contribution in [0.15, 0.2) is 66.7 Å². The summed E-state index contributed by atoms with van der Waals surface area (Å²) in [6.07, 6.45) is 0.274. The fraction of sp³-hybridized carbons (Fsp3) is 0.250. The smallest absolute Gasteiger partial charge is 0.129 e. The van der Waals surface area contributed by atoms with Gasteiger partial charge in [0.1, 0.15) is 11.9 Å². The van der Waals surface area contributed by atoms with Crippen LogP contribution >= 0.6 is 0 Å². The molecule has 0 saturated carbocycles. The number of anilines is 1. The van der Waals surface area contributed by atoms with Crippen molar-refractivity contribution < 1.29 is 4.74 Å². The van der Waals surface area contributed by atoms with Crippen LogP contribution in [-0.2, 0) is 4.74 Å². The molecule has 2 atom stereocenters. The van der Waals surface area contributed by atoms with Gasteiger partial charge in [0.2, 0.25) is 0 Å². The molecule has 3 nitrogen and oxygen atoms in total. The number of ether oxygens (including phenoxy) is 1. The van der Waals surface area contributed by atoms with Gasteiger partial charge in [0.25, 0.3) is 0 Å². The van der Waals surface area contributed by atoms with E-state index < -0.39 is 0 Å². The first kappa shape index (κ1) is 14.2. The number of fused-ring (bicyclic) bond motifs is 1. The Morgan fingerprint density at radius 3 is 2.57 bits per heavy atom. The minimum absolute atomic E-state index is 0.0909. The quantitative estimate of drug-likeness (QED) is 0.709. The van der Waals surface area contributed by atoms with Gasteiger partial charge in [-0.05, 0) is 30.7 Å². The molecule has 0 aliphatic carbocycles. The number of rotatable bonds is 2. The molecule has 23 heavy (non-hydrogen) atoms. The van der Waals surface area contributed by atoms with Crippen molar-refractivity contribution in [2.75, 3.05) is 18.0 Å². The Bertz CT molecular complexity index is 803. The number of benzene rings is 2. The summed E-state index contributed by atoms with van der Waals surface area (Å²) in [4.78, 5) is 7.16. The molecular weight excluding hydrogens is 284 g/mol. The maximum Gasteiger partial charge on any atom is 0.129 e. The molecule has 4 rings (SSSR count). The number of aromatic nitrogens is 1. The molecule has 3 heteroatoms. The molecule has 0 N–H and O–H groups in total. The van der Waals surface area contributed by atoms with Gasteiger partial charge in [0.15, 0.2) is 0 Å². The van der Waals surface area contributed by atoms with Crippen molar-refractivity contribution in [1.29, 1.82) is 0 Å². The molecular formula is C20H20N2O. The number of hydrogen-bond acceptors (Lipinski definition) is 3. The SMILES string of the molecule is CC1CN(c2ccc3ccccc3n2)CC(c2ccccc2)O1. The second kappa shape index (κ2) is 6.01. The van der Waals surface area contributed by atoms with Crippen LogP contribution in [0.3, 0.4) is 0 Å². The highest BCUT2D eigenvalue weighted by atomic mass is 16.5. The molecule has 1 fully saturated rings. The van der Waals surface area contributed by atoms with Crippen LogP contribution in [0.5, 0.6) is 0 Å². The summed E-state index contributed by atoms with van der Waals surface area (Å²) in [6, 6.07) is 22.9. The van der Waals surface area contributed by atoms with Gasteiger partial charge in [-0.1, -0.05) is 48.5 Å². The highest BCUT2D eigenvalue weighted by Crippen LogP contribution is 2.28. The molecule has 1 aliphatic rings. The van der Waals surface area contributed by atoms with E-state index in [2.05, 4.69) is 60.4 Å².